The van der Waals surface area contributed by atoms with E-state index in [1.54, 1.807) is 12.1 Å². The molecule has 0 radical (unpaired) electrons. The molecule has 29 heavy (non-hydrogen) atoms. The maximum Gasteiger partial charge on any atom is 0.279 e. The molecule has 0 aromatic heterocycles. The molecular formula is C19H29N4O5S+. The topological polar surface area (TPSA) is 100 Å². The Morgan fingerprint density at radius 1 is 1.21 bits per heavy atom. The monoisotopic (exact) mass is 425 g/mol. The van der Waals surface area contributed by atoms with Gasteiger partial charge in [-0.05, 0) is 37.1 Å². The number of amides is 2. The largest absolute Gasteiger partial charge is 0.368 e. The maximum atomic E-state index is 12.4. The summed E-state index contributed by atoms with van der Waals surface area (Å²) in [5, 5.41) is 2.81. The third kappa shape index (κ3) is 5.33. The number of quaternary nitrogens is 1. The van der Waals surface area contributed by atoms with Gasteiger partial charge in [0, 0.05) is 26.4 Å². The van der Waals surface area contributed by atoms with E-state index in [1.165, 1.54) is 26.2 Å². The molecule has 0 unspecified atom stereocenters. The predicted molar refractivity (Wildman–Crippen MR) is 107 cm³/mol. The van der Waals surface area contributed by atoms with Gasteiger partial charge in [0.05, 0.1) is 31.1 Å². The first-order valence-corrected chi connectivity index (χ1v) is 11.3. The number of hydrogen-bond donors (Lipinski definition) is 2. The van der Waals surface area contributed by atoms with Crippen molar-refractivity contribution in [2.24, 2.45) is 0 Å². The van der Waals surface area contributed by atoms with Crippen molar-refractivity contribution in [3.63, 3.8) is 0 Å². The summed E-state index contributed by atoms with van der Waals surface area (Å²) in [6.45, 7) is 3.64. The van der Waals surface area contributed by atoms with E-state index in [2.05, 4.69) is 5.32 Å². The number of piperazine rings is 1. The van der Waals surface area contributed by atoms with Crippen molar-refractivity contribution in [2.45, 2.75) is 23.8 Å². The van der Waals surface area contributed by atoms with E-state index in [0.717, 1.165) is 22.0 Å². The van der Waals surface area contributed by atoms with Gasteiger partial charge in [-0.1, -0.05) is 0 Å². The first-order valence-electron chi connectivity index (χ1n) is 9.84. The lowest BCUT2D eigenvalue weighted by Crippen LogP contribution is -3.15. The lowest BCUT2D eigenvalue weighted by Gasteiger charge is -2.33. The zero-order chi connectivity index (χ0) is 21.0. The van der Waals surface area contributed by atoms with Gasteiger partial charge in [0.2, 0.25) is 10.0 Å². The van der Waals surface area contributed by atoms with Crippen LogP contribution in [-0.2, 0) is 24.3 Å². The SMILES string of the molecule is CN(C)S(=O)(=O)c1ccc(NC(=O)C[NH+]2CCN(C(=O)[C@@H]3CCCO3)CC2)cc1. The van der Waals surface area contributed by atoms with Crippen LogP contribution in [0.4, 0.5) is 5.69 Å². The number of benzene rings is 1. The molecule has 0 saturated carbocycles. The Labute approximate surface area is 171 Å². The van der Waals surface area contributed by atoms with Crippen LogP contribution >= 0.6 is 0 Å². The lowest BCUT2D eigenvalue weighted by molar-refractivity contribution is -0.895. The van der Waals surface area contributed by atoms with Crippen molar-refractivity contribution in [3.05, 3.63) is 24.3 Å². The van der Waals surface area contributed by atoms with Gasteiger partial charge in [-0.25, -0.2) is 12.7 Å². The molecule has 3 rings (SSSR count). The molecule has 2 aliphatic heterocycles. The van der Waals surface area contributed by atoms with Gasteiger partial charge >= 0.3 is 0 Å². The summed E-state index contributed by atoms with van der Waals surface area (Å²) in [6.07, 6.45) is 1.44. The number of carbonyl (C=O) groups is 2. The molecule has 1 aromatic rings. The van der Waals surface area contributed by atoms with Gasteiger partial charge < -0.3 is 19.9 Å². The second-order valence-corrected chi connectivity index (χ2v) is 9.77. The second kappa shape index (κ2) is 9.21. The van der Waals surface area contributed by atoms with Crippen LogP contribution in [0.1, 0.15) is 12.8 Å². The molecule has 0 bridgehead atoms. The van der Waals surface area contributed by atoms with E-state index >= 15 is 0 Å². The standard InChI is InChI=1S/C19H28N4O5S/c1-21(2)29(26,27)16-7-5-15(6-8-16)20-18(24)14-22-9-11-23(12-10-22)19(25)17-4-3-13-28-17/h5-8,17H,3-4,9-14H2,1-2H3,(H,20,24)/p+1/t17-/m0/s1. The summed E-state index contributed by atoms with van der Waals surface area (Å²) < 4.78 is 30.8. The number of sulfonamides is 1. The minimum absolute atomic E-state index is 0.0683. The highest BCUT2D eigenvalue weighted by Crippen LogP contribution is 2.17. The van der Waals surface area contributed by atoms with Crippen LogP contribution in [0, 0.1) is 0 Å². The fourth-order valence-electron chi connectivity index (χ4n) is 3.55. The van der Waals surface area contributed by atoms with Gasteiger partial charge in [-0.3, -0.25) is 9.59 Å². The molecule has 1 aromatic carbocycles. The zero-order valence-electron chi connectivity index (χ0n) is 16.9. The van der Waals surface area contributed by atoms with E-state index in [4.69, 9.17) is 4.74 Å². The first-order chi connectivity index (χ1) is 13.8. The summed E-state index contributed by atoms with van der Waals surface area (Å²) in [5.41, 5.74) is 0.555. The third-order valence-electron chi connectivity index (χ3n) is 5.31. The Morgan fingerprint density at radius 2 is 1.86 bits per heavy atom. The van der Waals surface area contributed by atoms with Gasteiger partial charge in [-0.15, -0.1) is 0 Å². The van der Waals surface area contributed by atoms with Crippen molar-refractivity contribution in [1.82, 2.24) is 9.21 Å². The Morgan fingerprint density at radius 3 is 2.41 bits per heavy atom. The highest BCUT2D eigenvalue weighted by Gasteiger charge is 2.32. The smallest absolute Gasteiger partial charge is 0.279 e. The maximum absolute atomic E-state index is 12.4. The van der Waals surface area contributed by atoms with Crippen LogP contribution in [-0.4, -0.2) is 89.0 Å². The second-order valence-electron chi connectivity index (χ2n) is 7.61. The number of nitrogens with one attached hydrogen (secondary N) is 2. The molecule has 9 nitrogen and oxygen atoms in total. The van der Waals surface area contributed by atoms with Crippen LogP contribution < -0.4 is 10.2 Å². The van der Waals surface area contributed by atoms with Crippen molar-refractivity contribution in [3.8, 4) is 0 Å². The van der Waals surface area contributed by atoms with Crippen molar-refractivity contribution in [1.29, 1.82) is 0 Å². The number of hydrogen-bond acceptors (Lipinski definition) is 5. The fraction of sp³-hybridized carbons (Fsp3) is 0.579. The molecule has 2 N–H and O–H groups in total. The lowest BCUT2D eigenvalue weighted by atomic mass is 10.2. The molecule has 1 atom stereocenters. The Hall–Kier alpha value is -2.01. The number of rotatable bonds is 6. The number of anilines is 1. The van der Waals surface area contributed by atoms with Crippen molar-refractivity contribution in [2.75, 3.05) is 58.7 Å². The first kappa shape index (κ1) is 21.7. The van der Waals surface area contributed by atoms with E-state index in [9.17, 15) is 18.0 Å². The molecule has 0 spiro atoms. The van der Waals surface area contributed by atoms with Gasteiger partial charge in [0.1, 0.15) is 6.10 Å². The Bertz CT molecular complexity index is 827. The number of nitrogens with zero attached hydrogens (tertiary/aromatic N) is 2. The van der Waals surface area contributed by atoms with Crippen molar-refractivity contribution >= 4 is 27.5 Å². The highest BCUT2D eigenvalue weighted by atomic mass is 32.2. The van der Waals surface area contributed by atoms with E-state index in [-0.39, 0.29) is 22.8 Å². The van der Waals surface area contributed by atoms with E-state index in [1.807, 2.05) is 4.90 Å². The average molecular weight is 426 g/mol. The summed E-state index contributed by atoms with van der Waals surface area (Å²) in [4.78, 5) is 27.8. The zero-order valence-corrected chi connectivity index (χ0v) is 17.7. The van der Waals surface area contributed by atoms with Gasteiger partial charge in [0.25, 0.3) is 11.8 Å². The molecule has 160 valence electrons. The van der Waals surface area contributed by atoms with Crippen LogP contribution in [0.15, 0.2) is 29.2 Å². The van der Waals surface area contributed by atoms with Gasteiger partial charge in [0.15, 0.2) is 6.54 Å². The molecule has 2 fully saturated rings. The Kier molecular flexibility index (Phi) is 6.89. The molecule has 2 heterocycles. The summed E-state index contributed by atoms with van der Waals surface area (Å²) >= 11 is 0. The molecule has 2 amide bonds. The third-order valence-corrected chi connectivity index (χ3v) is 7.14. The van der Waals surface area contributed by atoms with Gasteiger partial charge in [-0.2, -0.15) is 0 Å². The van der Waals surface area contributed by atoms with E-state index in [0.29, 0.717) is 45.0 Å². The van der Waals surface area contributed by atoms with Crippen LogP contribution in [0.5, 0.6) is 0 Å². The molecule has 2 aliphatic rings. The fourth-order valence-corrected chi connectivity index (χ4v) is 4.45. The van der Waals surface area contributed by atoms with Crippen LogP contribution in [0.25, 0.3) is 0 Å². The van der Waals surface area contributed by atoms with Crippen LogP contribution in [0.3, 0.4) is 0 Å². The molecular weight excluding hydrogens is 396 g/mol. The van der Waals surface area contributed by atoms with Crippen molar-refractivity contribution < 1.29 is 27.6 Å². The normalized spacial score (nSPS) is 20.8. The predicted octanol–water partition coefficient (Wildman–Crippen LogP) is -1.22. The highest BCUT2D eigenvalue weighted by molar-refractivity contribution is 7.89. The average Bonchev–Trinajstić information content (AvgIpc) is 3.23. The summed E-state index contributed by atoms with van der Waals surface area (Å²) in [5.74, 6) is -0.0686. The molecule has 10 heteroatoms. The summed E-state index contributed by atoms with van der Waals surface area (Å²) in [7, 11) is -0.540. The minimum atomic E-state index is -3.49. The number of ether oxygens (including phenoxy) is 1. The molecule has 2 saturated heterocycles. The van der Waals surface area contributed by atoms with E-state index < -0.39 is 10.0 Å². The Balaban J connectivity index is 1.46. The quantitative estimate of drug-likeness (QED) is 0.595. The van der Waals surface area contributed by atoms with Crippen LogP contribution in [0.2, 0.25) is 0 Å². The minimum Gasteiger partial charge on any atom is -0.368 e. The molecule has 0 aliphatic carbocycles. The number of carbonyl (C=O) groups excluding carboxylic acids is 2. The summed E-state index contributed by atoms with van der Waals surface area (Å²) in [6, 6.07) is 6.13.